The zero-order chi connectivity index (χ0) is 15.2. The molecule has 19 heavy (non-hydrogen) atoms. The first-order valence-electron chi connectivity index (χ1n) is 6.44. The normalized spacial score (nSPS) is 15.8. The molecule has 0 heterocycles. The highest BCUT2D eigenvalue weighted by atomic mass is 16.4. The van der Waals surface area contributed by atoms with E-state index in [2.05, 4.69) is 0 Å². The van der Waals surface area contributed by atoms with Gasteiger partial charge in [-0.1, -0.05) is 20.3 Å². The van der Waals surface area contributed by atoms with Crippen molar-refractivity contribution in [3.63, 3.8) is 0 Å². The molecular weight excluding hydrogens is 250 g/mol. The number of hydrogen-bond donors (Lipinski definition) is 2. The minimum Gasteiger partial charge on any atom is -0.481 e. The maximum Gasteiger partial charge on any atom is 0.320 e. The van der Waals surface area contributed by atoms with E-state index in [9.17, 15) is 19.5 Å². The average Bonchev–Trinajstić information content (AvgIpc) is 2.31. The number of carboxylic acid groups (broad SMARTS) is 2. The molecule has 3 unspecified atom stereocenters. The Labute approximate surface area is 113 Å². The van der Waals surface area contributed by atoms with Gasteiger partial charge in [-0.25, -0.2) is 0 Å². The van der Waals surface area contributed by atoms with Crippen molar-refractivity contribution in [1.82, 2.24) is 4.90 Å². The molecule has 0 aromatic rings. The van der Waals surface area contributed by atoms with Gasteiger partial charge in [0.05, 0.1) is 12.0 Å². The lowest BCUT2D eigenvalue weighted by molar-refractivity contribution is -0.149. The summed E-state index contributed by atoms with van der Waals surface area (Å²) in [6.07, 6.45) is 1.04. The highest BCUT2D eigenvalue weighted by Gasteiger charge is 2.32. The van der Waals surface area contributed by atoms with Crippen LogP contribution in [0.4, 0.5) is 0 Å². The first-order valence-corrected chi connectivity index (χ1v) is 6.44. The molecule has 6 nitrogen and oxygen atoms in total. The number of aliphatic carboxylic acids is 2. The Morgan fingerprint density at radius 2 is 1.63 bits per heavy atom. The summed E-state index contributed by atoms with van der Waals surface area (Å²) in [5.41, 5.74) is 0. The van der Waals surface area contributed by atoms with Crippen LogP contribution in [0.25, 0.3) is 0 Å². The molecule has 0 aromatic carbocycles. The Morgan fingerprint density at radius 3 is 1.95 bits per heavy atom. The van der Waals surface area contributed by atoms with Gasteiger partial charge >= 0.3 is 11.9 Å². The molecule has 3 atom stereocenters. The van der Waals surface area contributed by atoms with Crippen molar-refractivity contribution in [3.05, 3.63) is 0 Å². The SMILES string of the molecule is CCCC(C(=O)O)N(CC(C)C(=O)O)C(C)C(C)=O. The minimum atomic E-state index is -1.02. The smallest absolute Gasteiger partial charge is 0.320 e. The summed E-state index contributed by atoms with van der Waals surface area (Å²) in [5, 5.41) is 18.2. The van der Waals surface area contributed by atoms with Gasteiger partial charge in [-0.3, -0.25) is 19.3 Å². The highest BCUT2D eigenvalue weighted by molar-refractivity contribution is 5.82. The van der Waals surface area contributed by atoms with Gasteiger partial charge in [0.15, 0.2) is 0 Å². The summed E-state index contributed by atoms with van der Waals surface area (Å²) < 4.78 is 0. The zero-order valence-electron chi connectivity index (χ0n) is 11.9. The molecule has 0 aliphatic rings. The highest BCUT2D eigenvalue weighted by Crippen LogP contribution is 2.15. The molecule has 0 spiro atoms. The van der Waals surface area contributed by atoms with E-state index in [0.717, 1.165) is 0 Å². The molecule has 0 fully saturated rings. The number of ketones is 1. The molecule has 0 aromatic heterocycles. The molecule has 0 saturated carbocycles. The second-order valence-electron chi connectivity index (χ2n) is 4.87. The lowest BCUT2D eigenvalue weighted by Gasteiger charge is -2.33. The van der Waals surface area contributed by atoms with E-state index in [-0.39, 0.29) is 12.3 Å². The Kier molecular flexibility index (Phi) is 7.29. The standard InChI is InChI=1S/C13H23NO5/c1-5-6-11(13(18)19)14(9(3)10(4)15)7-8(2)12(16)17/h8-9,11H,5-7H2,1-4H3,(H,16,17)(H,18,19). The third kappa shape index (κ3) is 5.38. The molecule has 110 valence electrons. The fourth-order valence-electron chi connectivity index (χ4n) is 1.89. The monoisotopic (exact) mass is 273 g/mol. The third-order valence-corrected chi connectivity index (χ3v) is 3.24. The first kappa shape index (κ1) is 17.6. The number of carbonyl (C=O) groups is 3. The molecule has 0 aliphatic carbocycles. The second kappa shape index (κ2) is 7.89. The van der Waals surface area contributed by atoms with Crippen LogP contribution in [0, 0.1) is 5.92 Å². The number of hydrogen-bond acceptors (Lipinski definition) is 4. The van der Waals surface area contributed by atoms with Gasteiger partial charge in [0.2, 0.25) is 0 Å². The second-order valence-corrected chi connectivity index (χ2v) is 4.87. The maximum absolute atomic E-state index is 11.5. The lowest BCUT2D eigenvalue weighted by Crippen LogP contribution is -2.51. The van der Waals surface area contributed by atoms with Crippen LogP contribution in [-0.2, 0) is 14.4 Å². The largest absolute Gasteiger partial charge is 0.481 e. The van der Waals surface area contributed by atoms with Crippen LogP contribution in [0.2, 0.25) is 0 Å². The van der Waals surface area contributed by atoms with E-state index in [1.54, 1.807) is 6.92 Å². The van der Waals surface area contributed by atoms with Gasteiger partial charge in [0, 0.05) is 6.54 Å². The molecule has 2 N–H and O–H groups in total. The van der Waals surface area contributed by atoms with E-state index in [1.807, 2.05) is 6.92 Å². The van der Waals surface area contributed by atoms with Gasteiger partial charge in [-0.15, -0.1) is 0 Å². The average molecular weight is 273 g/mol. The van der Waals surface area contributed by atoms with Crippen molar-refractivity contribution in [1.29, 1.82) is 0 Å². The zero-order valence-corrected chi connectivity index (χ0v) is 11.9. The van der Waals surface area contributed by atoms with E-state index < -0.39 is 29.9 Å². The predicted octanol–water partition coefficient (Wildman–Crippen LogP) is 1.24. The van der Waals surface area contributed by atoms with Crippen molar-refractivity contribution in [2.24, 2.45) is 5.92 Å². The maximum atomic E-state index is 11.5. The fourth-order valence-corrected chi connectivity index (χ4v) is 1.89. The Hall–Kier alpha value is -1.43. The number of carboxylic acids is 2. The summed E-state index contributed by atoms with van der Waals surface area (Å²) in [7, 11) is 0. The van der Waals surface area contributed by atoms with E-state index in [1.165, 1.54) is 18.7 Å². The van der Waals surface area contributed by atoms with Crippen molar-refractivity contribution in [2.45, 2.75) is 52.6 Å². The molecule has 0 saturated heterocycles. The lowest BCUT2D eigenvalue weighted by atomic mass is 10.0. The Bertz CT molecular complexity index is 342. The number of Topliss-reactive ketones (excluding diaryl/α,β-unsaturated/α-hetero) is 1. The number of rotatable bonds is 9. The van der Waals surface area contributed by atoms with Crippen LogP contribution in [0.15, 0.2) is 0 Å². The van der Waals surface area contributed by atoms with Crippen molar-refractivity contribution >= 4 is 17.7 Å². The number of nitrogens with zero attached hydrogens (tertiary/aromatic N) is 1. The Balaban J connectivity index is 5.17. The third-order valence-electron chi connectivity index (χ3n) is 3.24. The first-order chi connectivity index (χ1) is 8.72. The molecule has 0 bridgehead atoms. The van der Waals surface area contributed by atoms with Crippen LogP contribution in [0.5, 0.6) is 0 Å². The van der Waals surface area contributed by atoms with E-state index in [0.29, 0.717) is 12.8 Å². The van der Waals surface area contributed by atoms with Gasteiger partial charge in [0.1, 0.15) is 11.8 Å². The molecule has 0 rings (SSSR count). The summed E-state index contributed by atoms with van der Waals surface area (Å²) in [4.78, 5) is 35.2. The van der Waals surface area contributed by atoms with Crippen molar-refractivity contribution in [3.8, 4) is 0 Å². The fraction of sp³-hybridized carbons (Fsp3) is 0.769. The number of carbonyl (C=O) groups excluding carboxylic acids is 1. The van der Waals surface area contributed by atoms with Gasteiger partial charge in [-0.2, -0.15) is 0 Å². The van der Waals surface area contributed by atoms with Crippen LogP contribution in [0.1, 0.15) is 40.5 Å². The van der Waals surface area contributed by atoms with Crippen molar-refractivity contribution < 1.29 is 24.6 Å². The van der Waals surface area contributed by atoms with Crippen LogP contribution >= 0.6 is 0 Å². The molecule has 6 heteroatoms. The van der Waals surface area contributed by atoms with Crippen LogP contribution < -0.4 is 0 Å². The summed E-state index contributed by atoms with van der Waals surface area (Å²) in [6.45, 7) is 6.41. The van der Waals surface area contributed by atoms with Gasteiger partial charge < -0.3 is 10.2 Å². The quantitative estimate of drug-likeness (QED) is 0.656. The minimum absolute atomic E-state index is 0.0487. The molecular formula is C13H23NO5. The van der Waals surface area contributed by atoms with Gasteiger partial charge in [-0.05, 0) is 20.3 Å². The topological polar surface area (TPSA) is 94.9 Å². The van der Waals surface area contributed by atoms with E-state index >= 15 is 0 Å². The molecule has 0 amide bonds. The Morgan fingerprint density at radius 1 is 1.11 bits per heavy atom. The van der Waals surface area contributed by atoms with Crippen LogP contribution in [-0.4, -0.2) is 51.5 Å². The van der Waals surface area contributed by atoms with Gasteiger partial charge in [0.25, 0.3) is 0 Å². The molecule has 0 radical (unpaired) electrons. The summed E-state index contributed by atoms with van der Waals surface area (Å²) in [6, 6.07) is -1.43. The summed E-state index contributed by atoms with van der Waals surface area (Å²) >= 11 is 0. The van der Waals surface area contributed by atoms with Crippen LogP contribution in [0.3, 0.4) is 0 Å². The van der Waals surface area contributed by atoms with Crippen molar-refractivity contribution in [2.75, 3.05) is 6.54 Å². The summed E-state index contributed by atoms with van der Waals surface area (Å²) in [5.74, 6) is -2.91. The predicted molar refractivity (Wildman–Crippen MR) is 70.0 cm³/mol. The molecule has 0 aliphatic heterocycles. The van der Waals surface area contributed by atoms with E-state index in [4.69, 9.17) is 5.11 Å².